The minimum atomic E-state index is -0.468. The van der Waals surface area contributed by atoms with Gasteiger partial charge in [-0.05, 0) is 55.1 Å². The lowest BCUT2D eigenvalue weighted by molar-refractivity contribution is -0.0652. The van der Waals surface area contributed by atoms with Crippen LogP contribution in [-0.2, 0) is 6.54 Å². The number of benzene rings is 1. The standard InChI is InChI=1S/C18H21N3O2/c22-18(21(23)13-14-4-2-1-3-5-14)17-12-16(8-11-20-17)15-6-9-19-10-7-15/h1-5,8,11-12,15,19,23H,6-7,9-10,13H2. The third kappa shape index (κ3) is 3.94. The van der Waals surface area contributed by atoms with Crippen molar-refractivity contribution in [2.45, 2.75) is 25.3 Å². The second-order valence-electron chi connectivity index (χ2n) is 5.85. The SMILES string of the molecule is O=C(c1cc(C2CCNCC2)ccn1)N(O)Cc1ccccc1. The molecule has 2 aromatic rings. The molecule has 2 N–H and O–H groups in total. The molecular weight excluding hydrogens is 290 g/mol. The van der Waals surface area contributed by atoms with Crippen LogP contribution in [-0.4, -0.2) is 34.3 Å². The topological polar surface area (TPSA) is 65.5 Å². The van der Waals surface area contributed by atoms with Crippen LogP contribution in [0.5, 0.6) is 0 Å². The smallest absolute Gasteiger partial charge is 0.296 e. The molecule has 1 aliphatic heterocycles. The Balaban J connectivity index is 1.71. The molecule has 0 unspecified atom stereocenters. The molecule has 1 amide bonds. The molecule has 5 nitrogen and oxygen atoms in total. The van der Waals surface area contributed by atoms with Crippen LogP contribution in [0.4, 0.5) is 0 Å². The zero-order valence-electron chi connectivity index (χ0n) is 13.0. The predicted molar refractivity (Wildman–Crippen MR) is 87.2 cm³/mol. The minimum absolute atomic E-state index is 0.152. The number of amides is 1. The molecule has 0 bridgehead atoms. The van der Waals surface area contributed by atoms with Crippen LogP contribution in [0.1, 0.15) is 40.4 Å². The van der Waals surface area contributed by atoms with Gasteiger partial charge < -0.3 is 5.32 Å². The lowest BCUT2D eigenvalue weighted by atomic mass is 9.90. The van der Waals surface area contributed by atoms with E-state index in [2.05, 4.69) is 10.3 Å². The number of hydroxylamine groups is 2. The molecule has 1 fully saturated rings. The fourth-order valence-corrected chi connectivity index (χ4v) is 2.93. The first-order chi connectivity index (χ1) is 11.2. The Morgan fingerprint density at radius 2 is 1.96 bits per heavy atom. The molecule has 23 heavy (non-hydrogen) atoms. The lowest BCUT2D eigenvalue weighted by Gasteiger charge is -2.23. The van der Waals surface area contributed by atoms with Crippen LogP contribution >= 0.6 is 0 Å². The van der Waals surface area contributed by atoms with E-state index in [9.17, 15) is 10.0 Å². The van der Waals surface area contributed by atoms with Gasteiger partial charge in [0.25, 0.3) is 5.91 Å². The Labute approximate surface area is 135 Å². The summed E-state index contributed by atoms with van der Waals surface area (Å²) in [5, 5.41) is 14.1. The fourth-order valence-electron chi connectivity index (χ4n) is 2.93. The molecular formula is C18H21N3O2. The van der Waals surface area contributed by atoms with Gasteiger partial charge >= 0.3 is 0 Å². The third-order valence-electron chi connectivity index (χ3n) is 4.22. The van der Waals surface area contributed by atoms with Crippen molar-refractivity contribution in [1.82, 2.24) is 15.4 Å². The maximum absolute atomic E-state index is 12.4. The predicted octanol–water partition coefficient (Wildman–Crippen LogP) is 2.58. The number of piperidine rings is 1. The molecule has 0 atom stereocenters. The van der Waals surface area contributed by atoms with E-state index in [0.717, 1.165) is 42.1 Å². The summed E-state index contributed by atoms with van der Waals surface area (Å²) < 4.78 is 0. The van der Waals surface area contributed by atoms with Gasteiger partial charge in [-0.3, -0.25) is 15.0 Å². The van der Waals surface area contributed by atoms with Gasteiger partial charge in [0, 0.05) is 6.20 Å². The van der Waals surface area contributed by atoms with Crippen molar-refractivity contribution in [3.05, 3.63) is 65.5 Å². The van der Waals surface area contributed by atoms with Crippen LogP contribution < -0.4 is 5.32 Å². The highest BCUT2D eigenvalue weighted by Crippen LogP contribution is 2.25. The number of carbonyl (C=O) groups excluding carboxylic acids is 1. The van der Waals surface area contributed by atoms with Gasteiger partial charge in [0.1, 0.15) is 5.69 Å². The van der Waals surface area contributed by atoms with Crippen molar-refractivity contribution in [3.8, 4) is 0 Å². The second kappa shape index (κ2) is 7.35. The lowest BCUT2D eigenvalue weighted by Crippen LogP contribution is -2.29. The molecule has 120 valence electrons. The highest BCUT2D eigenvalue weighted by atomic mass is 16.5. The van der Waals surface area contributed by atoms with E-state index in [1.165, 1.54) is 0 Å². The number of nitrogens with one attached hydrogen (secondary N) is 1. The summed E-state index contributed by atoms with van der Waals surface area (Å²) in [5.74, 6) is -0.0169. The average molecular weight is 311 g/mol. The number of pyridine rings is 1. The molecule has 0 aliphatic carbocycles. The van der Waals surface area contributed by atoms with E-state index in [0.29, 0.717) is 11.6 Å². The van der Waals surface area contributed by atoms with Crippen LogP contribution in [0.2, 0.25) is 0 Å². The highest BCUT2D eigenvalue weighted by molar-refractivity contribution is 5.91. The molecule has 1 aliphatic rings. The van der Waals surface area contributed by atoms with Crippen molar-refractivity contribution < 1.29 is 10.0 Å². The van der Waals surface area contributed by atoms with Crippen molar-refractivity contribution in [3.63, 3.8) is 0 Å². The van der Waals surface area contributed by atoms with E-state index in [4.69, 9.17) is 0 Å². The third-order valence-corrected chi connectivity index (χ3v) is 4.22. The Morgan fingerprint density at radius 3 is 2.70 bits per heavy atom. The molecule has 1 saturated heterocycles. The van der Waals surface area contributed by atoms with Gasteiger partial charge in [-0.15, -0.1) is 0 Å². The average Bonchev–Trinajstić information content (AvgIpc) is 2.63. The van der Waals surface area contributed by atoms with Crippen LogP contribution in [0, 0.1) is 0 Å². The summed E-state index contributed by atoms with van der Waals surface area (Å²) in [6.45, 7) is 2.14. The monoisotopic (exact) mass is 311 g/mol. The van der Waals surface area contributed by atoms with Gasteiger partial charge in [-0.1, -0.05) is 30.3 Å². The molecule has 0 radical (unpaired) electrons. The van der Waals surface area contributed by atoms with Crippen LogP contribution in [0.15, 0.2) is 48.7 Å². The summed E-state index contributed by atoms with van der Waals surface area (Å²) in [7, 11) is 0. The summed E-state index contributed by atoms with van der Waals surface area (Å²) in [6, 6.07) is 13.2. The van der Waals surface area contributed by atoms with Gasteiger partial charge in [0.05, 0.1) is 6.54 Å². The Morgan fingerprint density at radius 1 is 1.22 bits per heavy atom. The summed E-state index contributed by atoms with van der Waals surface area (Å²) in [6.07, 6.45) is 3.77. The second-order valence-corrected chi connectivity index (χ2v) is 5.85. The zero-order valence-corrected chi connectivity index (χ0v) is 13.0. The van der Waals surface area contributed by atoms with E-state index in [1.54, 1.807) is 6.20 Å². The number of nitrogens with zero attached hydrogens (tertiary/aromatic N) is 2. The fraction of sp³-hybridized carbons (Fsp3) is 0.333. The molecule has 2 heterocycles. The number of hydrogen-bond donors (Lipinski definition) is 2. The van der Waals surface area contributed by atoms with Gasteiger partial charge in [-0.2, -0.15) is 0 Å². The first kappa shape index (κ1) is 15.6. The van der Waals surface area contributed by atoms with Crippen LogP contribution in [0.25, 0.3) is 0 Å². The molecule has 5 heteroatoms. The Bertz CT molecular complexity index is 654. The minimum Gasteiger partial charge on any atom is -0.317 e. The summed E-state index contributed by atoms with van der Waals surface area (Å²) in [4.78, 5) is 16.5. The maximum atomic E-state index is 12.4. The highest BCUT2D eigenvalue weighted by Gasteiger charge is 2.19. The first-order valence-electron chi connectivity index (χ1n) is 7.95. The summed E-state index contributed by atoms with van der Waals surface area (Å²) >= 11 is 0. The summed E-state index contributed by atoms with van der Waals surface area (Å²) in [5.41, 5.74) is 2.29. The molecule has 3 rings (SSSR count). The molecule has 0 saturated carbocycles. The Hall–Kier alpha value is -2.24. The quantitative estimate of drug-likeness (QED) is 0.673. The molecule has 0 spiro atoms. The first-order valence-corrected chi connectivity index (χ1v) is 7.95. The van der Waals surface area contributed by atoms with E-state index >= 15 is 0 Å². The van der Waals surface area contributed by atoms with E-state index in [-0.39, 0.29) is 6.54 Å². The van der Waals surface area contributed by atoms with Crippen LogP contribution in [0.3, 0.4) is 0 Å². The van der Waals surface area contributed by atoms with Gasteiger partial charge in [0.15, 0.2) is 0 Å². The Kier molecular flexibility index (Phi) is 5.00. The van der Waals surface area contributed by atoms with Crippen molar-refractivity contribution in [2.75, 3.05) is 13.1 Å². The number of rotatable bonds is 4. The normalized spacial score (nSPS) is 15.3. The van der Waals surface area contributed by atoms with Crippen molar-refractivity contribution >= 4 is 5.91 Å². The molecule has 1 aromatic heterocycles. The van der Waals surface area contributed by atoms with E-state index < -0.39 is 5.91 Å². The number of carbonyl (C=O) groups is 1. The van der Waals surface area contributed by atoms with Crippen molar-refractivity contribution in [2.24, 2.45) is 0 Å². The maximum Gasteiger partial charge on any atom is 0.296 e. The zero-order chi connectivity index (χ0) is 16.1. The van der Waals surface area contributed by atoms with Gasteiger partial charge in [-0.25, -0.2) is 5.06 Å². The number of hydrogen-bond acceptors (Lipinski definition) is 4. The van der Waals surface area contributed by atoms with Gasteiger partial charge in [0.2, 0.25) is 0 Å². The largest absolute Gasteiger partial charge is 0.317 e. The van der Waals surface area contributed by atoms with E-state index in [1.807, 2.05) is 42.5 Å². The van der Waals surface area contributed by atoms with Crippen molar-refractivity contribution in [1.29, 1.82) is 0 Å². The number of aromatic nitrogens is 1. The molecule has 1 aromatic carbocycles.